The summed E-state index contributed by atoms with van der Waals surface area (Å²) in [5.74, 6) is 1.47. The molecule has 3 nitrogen and oxygen atoms in total. The summed E-state index contributed by atoms with van der Waals surface area (Å²) in [6, 6.07) is 13.4. The van der Waals surface area contributed by atoms with Gasteiger partial charge in [0.15, 0.2) is 0 Å². The topological polar surface area (TPSA) is 41.1 Å². The Hall–Kier alpha value is -2.49. The van der Waals surface area contributed by atoms with Crippen molar-refractivity contribution in [2.75, 3.05) is 12.9 Å². The highest BCUT2D eigenvalue weighted by Gasteiger charge is 2.24. The summed E-state index contributed by atoms with van der Waals surface area (Å²) in [6.07, 6.45) is 5.89. The van der Waals surface area contributed by atoms with Gasteiger partial charge in [-0.15, -0.1) is 24.8 Å². The third-order valence-corrected chi connectivity index (χ3v) is 6.63. The molecule has 0 fully saturated rings. The van der Waals surface area contributed by atoms with Crippen LogP contribution in [-0.2, 0) is 23.1 Å². The molecule has 0 amide bonds. The molecule has 0 spiro atoms. The molecule has 192 valence electrons. The van der Waals surface area contributed by atoms with Crippen molar-refractivity contribution in [3.63, 3.8) is 0 Å². The van der Waals surface area contributed by atoms with E-state index in [1.54, 1.807) is 0 Å². The van der Waals surface area contributed by atoms with E-state index in [4.69, 9.17) is 28.0 Å². The molecule has 0 atom stereocenters. The lowest BCUT2D eigenvalue weighted by Crippen LogP contribution is -2.22. The molecular formula is C30H42Cl2N2O. The number of hydrogen-bond acceptors (Lipinski definition) is 3. The first kappa shape index (κ1) is 32.5. The molecule has 2 aromatic carbocycles. The van der Waals surface area contributed by atoms with Gasteiger partial charge in [0.2, 0.25) is 0 Å². The number of allylic oxidation sites excluding steroid dienone is 2. The summed E-state index contributed by atoms with van der Waals surface area (Å²) < 4.78 is 0. The number of aryl methyl sites for hydroxylation is 2. The number of carbonyl (C=O) groups is 1. The van der Waals surface area contributed by atoms with Gasteiger partial charge in [0.1, 0.15) is 6.79 Å². The zero-order valence-electron chi connectivity index (χ0n) is 22.1. The molecule has 0 aliphatic carbocycles. The number of nitrogens with one attached hydrogen (secondary N) is 2. The highest BCUT2D eigenvalue weighted by atomic mass is 35.5. The Morgan fingerprint density at radius 1 is 1.06 bits per heavy atom. The molecule has 0 saturated carbocycles. The van der Waals surface area contributed by atoms with Gasteiger partial charge < -0.3 is 15.4 Å². The van der Waals surface area contributed by atoms with Crippen molar-refractivity contribution < 1.29 is 4.79 Å². The van der Waals surface area contributed by atoms with Gasteiger partial charge in [-0.05, 0) is 73.4 Å². The molecule has 35 heavy (non-hydrogen) atoms. The van der Waals surface area contributed by atoms with Crippen LogP contribution < -0.4 is 10.6 Å². The molecule has 0 radical (unpaired) electrons. The number of hydrogen-bond donors (Lipinski definition) is 2. The highest BCUT2D eigenvalue weighted by Crippen LogP contribution is 2.35. The normalized spacial score (nSPS) is 10.9. The van der Waals surface area contributed by atoms with Crippen molar-refractivity contribution in [1.82, 2.24) is 10.6 Å². The second kappa shape index (κ2) is 17.0. The lowest BCUT2D eigenvalue weighted by atomic mass is 9.77. The molecule has 2 rings (SSSR count). The van der Waals surface area contributed by atoms with Crippen molar-refractivity contribution in [3.8, 4) is 0 Å². The Balaban J connectivity index is 0.00000274. The maximum atomic E-state index is 8.00. The van der Waals surface area contributed by atoms with Gasteiger partial charge in [-0.25, -0.2) is 0 Å². The van der Waals surface area contributed by atoms with Crippen LogP contribution in [0.15, 0.2) is 73.7 Å². The van der Waals surface area contributed by atoms with E-state index in [1.165, 1.54) is 33.5 Å². The van der Waals surface area contributed by atoms with Crippen LogP contribution in [0.1, 0.15) is 61.4 Å². The second-order valence-electron chi connectivity index (χ2n) is 8.54. The summed E-state index contributed by atoms with van der Waals surface area (Å²) in [4.78, 5) is 8.00. The SMILES string of the molecule is C=C.C=C(NC)N/C(=C\C)CCc1ccc(C(C)(C)c2cc(C)c(CCCCl)c(Cl)c2)cc1.C=O. The number of rotatable bonds is 11. The number of halogens is 2. The lowest BCUT2D eigenvalue weighted by Gasteiger charge is -2.28. The maximum absolute atomic E-state index is 8.00. The first-order chi connectivity index (χ1) is 16.7. The highest BCUT2D eigenvalue weighted by molar-refractivity contribution is 6.31. The zero-order valence-corrected chi connectivity index (χ0v) is 23.6. The van der Waals surface area contributed by atoms with Gasteiger partial charge in [0.05, 0.1) is 5.82 Å². The average Bonchev–Trinajstić information content (AvgIpc) is 2.88. The van der Waals surface area contributed by atoms with Crippen molar-refractivity contribution >= 4 is 30.0 Å². The fraction of sp³-hybridized carbons (Fsp3) is 0.367. The van der Waals surface area contributed by atoms with E-state index in [0.29, 0.717) is 5.88 Å². The van der Waals surface area contributed by atoms with Crippen molar-refractivity contribution in [1.29, 1.82) is 0 Å². The number of carbonyl (C=O) groups excluding carboxylic acids is 1. The molecule has 2 N–H and O–H groups in total. The lowest BCUT2D eigenvalue weighted by molar-refractivity contribution is -0.0979. The van der Waals surface area contributed by atoms with Gasteiger partial charge >= 0.3 is 0 Å². The Kier molecular flexibility index (Phi) is 15.8. The van der Waals surface area contributed by atoms with Crippen molar-refractivity contribution in [3.05, 3.63) is 107 Å². The summed E-state index contributed by atoms with van der Waals surface area (Å²) in [7, 11) is 1.87. The minimum absolute atomic E-state index is 0.126. The fourth-order valence-corrected chi connectivity index (χ4v) is 4.26. The fourth-order valence-electron chi connectivity index (χ4n) is 3.76. The van der Waals surface area contributed by atoms with Gasteiger partial charge in [0, 0.05) is 29.1 Å². The molecule has 5 heteroatoms. The van der Waals surface area contributed by atoms with E-state index in [0.717, 1.165) is 36.5 Å². The average molecular weight is 518 g/mol. The Labute approximate surface area is 223 Å². The predicted molar refractivity (Wildman–Crippen MR) is 156 cm³/mol. The van der Waals surface area contributed by atoms with Crippen LogP contribution in [0.25, 0.3) is 0 Å². The smallest absolute Gasteiger partial charge is 0.106 e. The molecule has 0 unspecified atom stereocenters. The van der Waals surface area contributed by atoms with E-state index in [2.05, 4.69) is 93.6 Å². The van der Waals surface area contributed by atoms with E-state index in [9.17, 15) is 0 Å². The zero-order chi connectivity index (χ0) is 27.0. The van der Waals surface area contributed by atoms with Crippen LogP contribution in [0.4, 0.5) is 0 Å². The largest absolute Gasteiger partial charge is 0.375 e. The molecule has 0 aromatic heterocycles. The summed E-state index contributed by atoms with van der Waals surface area (Å²) in [6.45, 7) is 20.7. The first-order valence-corrected chi connectivity index (χ1v) is 12.7. The minimum Gasteiger partial charge on any atom is -0.375 e. The first-order valence-electron chi connectivity index (χ1n) is 11.8. The standard InChI is InChI=1S/C27H36Cl2N2.C2H4.CH2O/c1-7-24(31-20(3)30-6)15-12-21-10-13-22(14-11-21)27(4,5)23-17-19(2)25(9-8-16-28)26(29)18-23;2*1-2/h7,10-11,13-14,17-18,30-31H,3,8-9,12,15-16H2,1-2,4-6H3;1-2H2;1H2/b24-7-;;. The third-order valence-electron chi connectivity index (χ3n) is 6.02. The van der Waals surface area contributed by atoms with E-state index >= 15 is 0 Å². The molecule has 2 aromatic rings. The molecule has 0 saturated heterocycles. The summed E-state index contributed by atoms with van der Waals surface area (Å²) in [5, 5.41) is 7.18. The van der Waals surface area contributed by atoms with Crippen molar-refractivity contribution in [2.24, 2.45) is 0 Å². The van der Waals surface area contributed by atoms with E-state index < -0.39 is 0 Å². The molecular weight excluding hydrogens is 475 g/mol. The Morgan fingerprint density at radius 3 is 2.14 bits per heavy atom. The van der Waals surface area contributed by atoms with Crippen LogP contribution in [0, 0.1) is 6.92 Å². The van der Waals surface area contributed by atoms with Crippen LogP contribution in [-0.4, -0.2) is 19.7 Å². The van der Waals surface area contributed by atoms with E-state index in [-0.39, 0.29) is 5.41 Å². The van der Waals surface area contributed by atoms with Gasteiger partial charge in [-0.2, -0.15) is 0 Å². The molecule has 0 bridgehead atoms. The number of benzene rings is 2. The van der Waals surface area contributed by atoms with Crippen LogP contribution in [0.2, 0.25) is 5.02 Å². The van der Waals surface area contributed by atoms with Crippen LogP contribution in [0.3, 0.4) is 0 Å². The van der Waals surface area contributed by atoms with Crippen molar-refractivity contribution in [2.45, 2.75) is 58.8 Å². The second-order valence-corrected chi connectivity index (χ2v) is 9.32. The summed E-state index contributed by atoms with van der Waals surface area (Å²) in [5.41, 5.74) is 7.35. The Morgan fingerprint density at radius 2 is 1.66 bits per heavy atom. The molecule has 0 heterocycles. The predicted octanol–water partition coefficient (Wildman–Crippen LogP) is 7.88. The van der Waals surface area contributed by atoms with Gasteiger partial charge in [-0.1, -0.05) is 68.4 Å². The van der Waals surface area contributed by atoms with Gasteiger partial charge in [0.25, 0.3) is 0 Å². The van der Waals surface area contributed by atoms with E-state index in [1.807, 2.05) is 20.8 Å². The van der Waals surface area contributed by atoms with Crippen LogP contribution in [0.5, 0.6) is 0 Å². The minimum atomic E-state index is -0.126. The monoisotopic (exact) mass is 516 g/mol. The third kappa shape index (κ3) is 9.95. The van der Waals surface area contributed by atoms with Gasteiger partial charge in [-0.3, -0.25) is 0 Å². The Bertz CT molecular complexity index is 924. The maximum Gasteiger partial charge on any atom is 0.106 e. The van der Waals surface area contributed by atoms with Crippen LogP contribution >= 0.6 is 23.2 Å². The summed E-state index contributed by atoms with van der Waals surface area (Å²) >= 11 is 12.5. The molecule has 0 aliphatic heterocycles. The molecule has 0 aliphatic rings. The quantitative estimate of drug-likeness (QED) is 0.235. The number of alkyl halides is 1.